The van der Waals surface area contributed by atoms with Crippen molar-refractivity contribution < 1.29 is 17.9 Å². The Morgan fingerprint density at radius 3 is 2.60 bits per heavy atom. The van der Waals surface area contributed by atoms with Crippen LogP contribution in [-0.2, 0) is 21.3 Å². The van der Waals surface area contributed by atoms with E-state index in [0.29, 0.717) is 38.5 Å². The summed E-state index contributed by atoms with van der Waals surface area (Å²) in [5.41, 5.74) is 0. The van der Waals surface area contributed by atoms with E-state index >= 15 is 0 Å². The average molecular weight is 367 g/mol. The van der Waals surface area contributed by atoms with E-state index < -0.39 is 10.0 Å². The molecule has 0 saturated heterocycles. The molecule has 1 heterocycles. The van der Waals surface area contributed by atoms with Crippen LogP contribution in [-0.4, -0.2) is 44.3 Å². The van der Waals surface area contributed by atoms with Gasteiger partial charge in [0.1, 0.15) is 18.2 Å². The van der Waals surface area contributed by atoms with Crippen molar-refractivity contribution >= 4 is 10.0 Å². The molecule has 0 spiro atoms. The standard InChI is InChI=1S/C17H25N3O4S/c1-3-23-13-14-24-16-5-7-17(8-6-16)25(21,22)19-9-4-11-20-12-10-18-15(20)2/h5-8,10,12,19H,3-4,9,11,13-14H2,1-2H3. The monoisotopic (exact) mass is 367 g/mol. The van der Waals surface area contributed by atoms with Crippen molar-refractivity contribution in [3.8, 4) is 5.75 Å². The van der Waals surface area contributed by atoms with Crippen molar-refractivity contribution in [1.29, 1.82) is 0 Å². The van der Waals surface area contributed by atoms with Gasteiger partial charge in [0.15, 0.2) is 0 Å². The summed E-state index contributed by atoms with van der Waals surface area (Å²) in [6.45, 7) is 6.52. The van der Waals surface area contributed by atoms with Crippen molar-refractivity contribution in [3.63, 3.8) is 0 Å². The molecule has 7 nitrogen and oxygen atoms in total. The number of aryl methyl sites for hydroxylation is 2. The zero-order chi connectivity index (χ0) is 18.1. The number of imidazole rings is 1. The van der Waals surface area contributed by atoms with Crippen molar-refractivity contribution in [2.75, 3.05) is 26.4 Å². The molecule has 2 rings (SSSR count). The van der Waals surface area contributed by atoms with Gasteiger partial charge in [-0.25, -0.2) is 18.1 Å². The maximum Gasteiger partial charge on any atom is 0.240 e. The number of sulfonamides is 1. The number of hydrogen-bond acceptors (Lipinski definition) is 5. The first kappa shape index (κ1) is 19.4. The van der Waals surface area contributed by atoms with Gasteiger partial charge in [-0.1, -0.05) is 0 Å². The van der Waals surface area contributed by atoms with Gasteiger partial charge >= 0.3 is 0 Å². The minimum Gasteiger partial charge on any atom is -0.491 e. The quantitative estimate of drug-likeness (QED) is 0.614. The number of ether oxygens (including phenoxy) is 2. The number of hydrogen-bond donors (Lipinski definition) is 1. The molecule has 0 atom stereocenters. The van der Waals surface area contributed by atoms with Crippen LogP contribution in [0.25, 0.3) is 0 Å². The van der Waals surface area contributed by atoms with E-state index in [4.69, 9.17) is 9.47 Å². The molecule has 0 aliphatic heterocycles. The molecule has 0 bridgehead atoms. The Kier molecular flexibility index (Phi) is 7.42. The lowest BCUT2D eigenvalue weighted by Crippen LogP contribution is -2.25. The number of nitrogens with zero attached hydrogens (tertiary/aromatic N) is 2. The Balaban J connectivity index is 1.79. The van der Waals surface area contributed by atoms with Gasteiger partial charge in [0.25, 0.3) is 0 Å². The summed E-state index contributed by atoms with van der Waals surface area (Å²) in [4.78, 5) is 4.36. The van der Waals surface area contributed by atoms with Crippen LogP contribution in [0, 0.1) is 6.92 Å². The molecule has 25 heavy (non-hydrogen) atoms. The summed E-state index contributed by atoms with van der Waals surface area (Å²) in [7, 11) is -3.51. The van der Waals surface area contributed by atoms with Crippen LogP contribution in [0.5, 0.6) is 5.75 Å². The smallest absolute Gasteiger partial charge is 0.240 e. The highest BCUT2D eigenvalue weighted by atomic mass is 32.2. The Morgan fingerprint density at radius 1 is 1.20 bits per heavy atom. The molecule has 138 valence electrons. The Labute approximate surface area is 149 Å². The third kappa shape index (κ3) is 6.15. The third-order valence-electron chi connectivity index (χ3n) is 3.63. The van der Waals surface area contributed by atoms with Gasteiger partial charge in [-0.05, 0) is 44.5 Å². The van der Waals surface area contributed by atoms with Crippen LogP contribution in [0.3, 0.4) is 0 Å². The van der Waals surface area contributed by atoms with Crippen LogP contribution in [0.15, 0.2) is 41.6 Å². The van der Waals surface area contributed by atoms with Crippen LogP contribution >= 0.6 is 0 Å². The predicted molar refractivity (Wildman–Crippen MR) is 95.2 cm³/mol. The van der Waals surface area contributed by atoms with E-state index in [-0.39, 0.29) is 4.90 Å². The van der Waals surface area contributed by atoms with E-state index in [2.05, 4.69) is 9.71 Å². The van der Waals surface area contributed by atoms with Gasteiger partial charge < -0.3 is 14.0 Å². The number of nitrogens with one attached hydrogen (secondary N) is 1. The topological polar surface area (TPSA) is 82.5 Å². The van der Waals surface area contributed by atoms with Crippen molar-refractivity contribution in [1.82, 2.24) is 14.3 Å². The SMILES string of the molecule is CCOCCOc1ccc(S(=O)(=O)NCCCn2ccnc2C)cc1. The molecule has 0 unspecified atom stereocenters. The highest BCUT2D eigenvalue weighted by Gasteiger charge is 2.13. The molecular weight excluding hydrogens is 342 g/mol. The number of rotatable bonds is 11. The maximum atomic E-state index is 12.3. The van der Waals surface area contributed by atoms with Gasteiger partial charge in [0, 0.05) is 32.1 Å². The molecule has 1 aromatic carbocycles. The Morgan fingerprint density at radius 2 is 1.96 bits per heavy atom. The second-order valence-electron chi connectivity index (χ2n) is 5.44. The van der Waals surface area contributed by atoms with Gasteiger partial charge in [-0.3, -0.25) is 0 Å². The van der Waals surface area contributed by atoms with Crippen LogP contribution < -0.4 is 9.46 Å². The fourth-order valence-corrected chi connectivity index (χ4v) is 3.33. The molecule has 0 fully saturated rings. The Hall–Kier alpha value is -1.90. The third-order valence-corrected chi connectivity index (χ3v) is 5.10. The molecule has 0 radical (unpaired) electrons. The Bertz CT molecular complexity index is 742. The van der Waals surface area contributed by atoms with Crippen molar-refractivity contribution in [2.45, 2.75) is 31.7 Å². The normalized spacial score (nSPS) is 11.6. The molecule has 2 aromatic rings. The van der Waals surface area contributed by atoms with E-state index in [1.807, 2.05) is 24.6 Å². The molecular formula is C17H25N3O4S. The highest BCUT2D eigenvalue weighted by Crippen LogP contribution is 2.15. The molecule has 0 saturated carbocycles. The summed E-state index contributed by atoms with van der Waals surface area (Å²) < 4.78 is 39.8. The lowest BCUT2D eigenvalue weighted by Gasteiger charge is -2.09. The fraction of sp³-hybridized carbons (Fsp3) is 0.471. The van der Waals surface area contributed by atoms with E-state index in [0.717, 1.165) is 12.4 Å². The van der Waals surface area contributed by atoms with Gasteiger partial charge in [0.2, 0.25) is 10.0 Å². The van der Waals surface area contributed by atoms with Crippen molar-refractivity contribution in [3.05, 3.63) is 42.5 Å². The lowest BCUT2D eigenvalue weighted by molar-refractivity contribution is 0.110. The highest BCUT2D eigenvalue weighted by molar-refractivity contribution is 7.89. The molecule has 8 heteroatoms. The molecule has 1 aromatic heterocycles. The molecule has 0 amide bonds. The summed E-state index contributed by atoms with van der Waals surface area (Å²) in [6.07, 6.45) is 4.31. The zero-order valence-corrected chi connectivity index (χ0v) is 15.5. The van der Waals surface area contributed by atoms with Crippen LogP contribution in [0.1, 0.15) is 19.2 Å². The van der Waals surface area contributed by atoms with Crippen LogP contribution in [0.4, 0.5) is 0 Å². The fourth-order valence-electron chi connectivity index (χ4n) is 2.26. The molecule has 0 aliphatic rings. The maximum absolute atomic E-state index is 12.3. The summed E-state index contributed by atoms with van der Waals surface area (Å²) in [5.74, 6) is 1.54. The molecule has 1 N–H and O–H groups in total. The van der Waals surface area contributed by atoms with E-state index in [9.17, 15) is 8.42 Å². The first-order chi connectivity index (χ1) is 12.0. The summed E-state index contributed by atoms with van der Waals surface area (Å²) in [5, 5.41) is 0. The first-order valence-corrected chi connectivity index (χ1v) is 9.79. The van der Waals surface area contributed by atoms with Gasteiger partial charge in [-0.2, -0.15) is 0 Å². The lowest BCUT2D eigenvalue weighted by atomic mass is 10.3. The van der Waals surface area contributed by atoms with E-state index in [1.165, 1.54) is 0 Å². The zero-order valence-electron chi connectivity index (χ0n) is 14.6. The molecule has 0 aliphatic carbocycles. The van der Waals surface area contributed by atoms with Gasteiger partial charge in [0.05, 0.1) is 11.5 Å². The number of aromatic nitrogens is 2. The predicted octanol–water partition coefficient (Wildman–Crippen LogP) is 1.98. The second-order valence-corrected chi connectivity index (χ2v) is 7.20. The minimum atomic E-state index is -3.51. The minimum absolute atomic E-state index is 0.225. The summed E-state index contributed by atoms with van der Waals surface area (Å²) in [6, 6.07) is 6.38. The van der Waals surface area contributed by atoms with Crippen molar-refractivity contribution in [2.24, 2.45) is 0 Å². The second kappa shape index (κ2) is 9.55. The van der Waals surface area contributed by atoms with Gasteiger partial charge in [-0.15, -0.1) is 0 Å². The average Bonchev–Trinajstić information content (AvgIpc) is 3.01. The van der Waals surface area contributed by atoms with E-state index in [1.54, 1.807) is 30.5 Å². The largest absolute Gasteiger partial charge is 0.491 e. The number of benzene rings is 1. The first-order valence-electron chi connectivity index (χ1n) is 8.31. The van der Waals surface area contributed by atoms with Crippen LogP contribution in [0.2, 0.25) is 0 Å². The summed E-state index contributed by atoms with van der Waals surface area (Å²) >= 11 is 0.